The number of carbonyl (C=O) groups is 1. The van der Waals surface area contributed by atoms with Crippen molar-refractivity contribution in [2.24, 2.45) is 0 Å². The lowest BCUT2D eigenvalue weighted by molar-refractivity contribution is -0.0309. The van der Waals surface area contributed by atoms with Gasteiger partial charge in [0.1, 0.15) is 11.2 Å². The van der Waals surface area contributed by atoms with Crippen LogP contribution in [0, 0.1) is 18.8 Å². The highest BCUT2D eigenvalue weighted by Gasteiger charge is 2.49. The molecule has 1 N–H and O–H groups in total. The summed E-state index contributed by atoms with van der Waals surface area (Å²) in [7, 11) is 0. The maximum atomic E-state index is 12.5. The normalized spacial score (nSPS) is 28.3. The average Bonchev–Trinajstić information content (AvgIpc) is 2.77. The van der Waals surface area contributed by atoms with Gasteiger partial charge in [0.2, 0.25) is 0 Å². The van der Waals surface area contributed by atoms with Crippen LogP contribution >= 0.6 is 0 Å². The van der Waals surface area contributed by atoms with Crippen molar-refractivity contribution in [1.29, 1.82) is 0 Å². The van der Waals surface area contributed by atoms with E-state index in [0.717, 1.165) is 24.0 Å². The number of aliphatic hydroxyl groups is 1. The zero-order chi connectivity index (χ0) is 18.2. The summed E-state index contributed by atoms with van der Waals surface area (Å²) >= 11 is 0. The molecule has 0 aliphatic carbocycles. The van der Waals surface area contributed by atoms with Crippen LogP contribution in [-0.2, 0) is 4.74 Å². The Hall–Kier alpha value is -1.99. The number of hydrogen-bond donors (Lipinski definition) is 1. The Balaban J connectivity index is 1.74. The quantitative estimate of drug-likeness (QED) is 0.733. The van der Waals surface area contributed by atoms with Crippen molar-refractivity contribution < 1.29 is 14.6 Å². The van der Waals surface area contributed by atoms with Gasteiger partial charge in [-0.2, -0.15) is 0 Å². The van der Waals surface area contributed by atoms with Crippen molar-refractivity contribution in [2.75, 3.05) is 0 Å². The molecule has 2 fully saturated rings. The van der Waals surface area contributed by atoms with E-state index in [-0.39, 0.29) is 18.2 Å². The third kappa shape index (κ3) is 4.16. The van der Waals surface area contributed by atoms with E-state index in [0.29, 0.717) is 12.8 Å². The van der Waals surface area contributed by atoms with Gasteiger partial charge in [-0.15, -0.1) is 0 Å². The van der Waals surface area contributed by atoms with E-state index < -0.39 is 11.2 Å². The number of nitrogens with zero attached hydrogens (tertiary/aromatic N) is 1. The molecule has 1 amide bonds. The Kier molecular flexibility index (Phi) is 4.55. The van der Waals surface area contributed by atoms with E-state index in [2.05, 4.69) is 11.8 Å². The molecule has 0 saturated carbocycles. The van der Waals surface area contributed by atoms with Crippen molar-refractivity contribution in [3.63, 3.8) is 0 Å². The van der Waals surface area contributed by atoms with Gasteiger partial charge in [0.15, 0.2) is 0 Å². The molecule has 2 bridgehead atoms. The van der Waals surface area contributed by atoms with Gasteiger partial charge in [0.25, 0.3) is 0 Å². The Morgan fingerprint density at radius 3 is 2.48 bits per heavy atom. The van der Waals surface area contributed by atoms with Crippen LogP contribution in [-0.4, -0.2) is 39.4 Å². The number of ether oxygens (including phenoxy) is 1. The molecule has 3 rings (SSSR count). The van der Waals surface area contributed by atoms with Crippen molar-refractivity contribution in [3.05, 3.63) is 35.4 Å². The second kappa shape index (κ2) is 6.38. The van der Waals surface area contributed by atoms with Crippen molar-refractivity contribution in [3.8, 4) is 11.8 Å². The van der Waals surface area contributed by atoms with E-state index in [1.807, 2.05) is 56.9 Å². The summed E-state index contributed by atoms with van der Waals surface area (Å²) in [5.74, 6) is 6.19. The van der Waals surface area contributed by atoms with Crippen LogP contribution in [0.3, 0.4) is 0 Å². The largest absolute Gasteiger partial charge is 0.444 e. The topological polar surface area (TPSA) is 49.8 Å². The van der Waals surface area contributed by atoms with Gasteiger partial charge in [-0.1, -0.05) is 24.0 Å². The molecule has 4 heteroatoms. The van der Waals surface area contributed by atoms with E-state index in [1.165, 1.54) is 0 Å². The molecule has 1 aromatic carbocycles. The number of hydrogen-bond acceptors (Lipinski definition) is 3. The van der Waals surface area contributed by atoms with Crippen LogP contribution in [0.4, 0.5) is 4.79 Å². The Labute approximate surface area is 150 Å². The third-order valence-corrected chi connectivity index (χ3v) is 4.83. The van der Waals surface area contributed by atoms with Crippen LogP contribution in [0.15, 0.2) is 24.3 Å². The average molecular weight is 341 g/mol. The molecular weight excluding hydrogens is 314 g/mol. The molecule has 2 saturated heterocycles. The Bertz CT molecular complexity index is 709. The number of fused-ring (bicyclic) bond motifs is 2. The molecule has 2 unspecified atom stereocenters. The molecular formula is C21H27NO3. The first-order valence-corrected chi connectivity index (χ1v) is 8.99. The van der Waals surface area contributed by atoms with Crippen molar-refractivity contribution in [1.82, 2.24) is 4.90 Å². The van der Waals surface area contributed by atoms with E-state index in [9.17, 15) is 9.90 Å². The molecule has 2 heterocycles. The summed E-state index contributed by atoms with van der Waals surface area (Å²) in [6, 6.07) is 7.97. The molecule has 0 aromatic heterocycles. The predicted octanol–water partition coefficient (Wildman–Crippen LogP) is 3.64. The van der Waals surface area contributed by atoms with Crippen LogP contribution in [0.2, 0.25) is 0 Å². The fourth-order valence-electron chi connectivity index (χ4n) is 3.85. The van der Waals surface area contributed by atoms with E-state index in [4.69, 9.17) is 4.74 Å². The summed E-state index contributed by atoms with van der Waals surface area (Å²) < 4.78 is 5.54. The summed E-state index contributed by atoms with van der Waals surface area (Å²) in [6.45, 7) is 7.65. The molecule has 134 valence electrons. The van der Waals surface area contributed by atoms with Gasteiger partial charge < -0.3 is 14.7 Å². The summed E-state index contributed by atoms with van der Waals surface area (Å²) in [5, 5.41) is 11.0. The van der Waals surface area contributed by atoms with Crippen LogP contribution < -0.4 is 0 Å². The monoisotopic (exact) mass is 341 g/mol. The first-order valence-electron chi connectivity index (χ1n) is 8.99. The van der Waals surface area contributed by atoms with Gasteiger partial charge in [-0.05, 0) is 58.2 Å². The molecule has 2 atom stereocenters. The Morgan fingerprint density at radius 2 is 1.92 bits per heavy atom. The van der Waals surface area contributed by atoms with Crippen LogP contribution in [0.5, 0.6) is 0 Å². The SMILES string of the molecule is Cc1cccc(C#CC2(O)CC3CCC(C2)N3C(=O)OC(C)(C)C)c1. The Morgan fingerprint density at radius 1 is 1.28 bits per heavy atom. The third-order valence-electron chi connectivity index (χ3n) is 4.83. The molecule has 25 heavy (non-hydrogen) atoms. The van der Waals surface area contributed by atoms with Crippen molar-refractivity contribution in [2.45, 2.75) is 76.7 Å². The maximum Gasteiger partial charge on any atom is 0.410 e. The number of rotatable bonds is 0. The number of benzene rings is 1. The summed E-state index contributed by atoms with van der Waals surface area (Å²) in [4.78, 5) is 14.3. The predicted molar refractivity (Wildman–Crippen MR) is 97.1 cm³/mol. The van der Waals surface area contributed by atoms with Crippen LogP contribution in [0.25, 0.3) is 0 Å². The highest BCUT2D eigenvalue weighted by Crippen LogP contribution is 2.41. The van der Waals surface area contributed by atoms with Crippen LogP contribution in [0.1, 0.15) is 57.6 Å². The first-order chi connectivity index (χ1) is 11.7. The van der Waals surface area contributed by atoms with E-state index >= 15 is 0 Å². The lowest BCUT2D eigenvalue weighted by atomic mass is 9.86. The summed E-state index contributed by atoms with van der Waals surface area (Å²) in [6.07, 6.45) is 2.51. The van der Waals surface area contributed by atoms with Crippen molar-refractivity contribution >= 4 is 6.09 Å². The minimum absolute atomic E-state index is 0.00501. The molecule has 2 aliphatic rings. The highest BCUT2D eigenvalue weighted by atomic mass is 16.6. The lowest BCUT2D eigenvalue weighted by Crippen LogP contribution is -2.53. The first kappa shape index (κ1) is 17.8. The standard InChI is InChI=1S/C21H27NO3/c1-15-6-5-7-16(12-15)10-11-21(24)13-17-8-9-18(14-21)22(17)19(23)25-20(2,3)4/h5-7,12,17-18,24H,8-9,13-14H2,1-4H3. The van der Waals surface area contributed by atoms with Gasteiger partial charge in [0, 0.05) is 30.5 Å². The molecule has 2 aliphatic heterocycles. The second-order valence-electron chi connectivity index (χ2n) is 8.33. The van der Waals surface area contributed by atoms with Gasteiger partial charge in [-0.3, -0.25) is 0 Å². The molecule has 1 aromatic rings. The molecule has 4 nitrogen and oxygen atoms in total. The fraction of sp³-hybridized carbons (Fsp3) is 0.571. The number of carbonyl (C=O) groups excluding carboxylic acids is 1. The smallest absolute Gasteiger partial charge is 0.410 e. The number of aryl methyl sites for hydroxylation is 1. The van der Waals surface area contributed by atoms with Gasteiger partial charge in [0.05, 0.1) is 0 Å². The van der Waals surface area contributed by atoms with Gasteiger partial charge in [-0.25, -0.2) is 4.79 Å². The second-order valence-corrected chi connectivity index (χ2v) is 8.33. The van der Waals surface area contributed by atoms with Gasteiger partial charge >= 0.3 is 6.09 Å². The maximum absolute atomic E-state index is 12.5. The minimum Gasteiger partial charge on any atom is -0.444 e. The number of piperidine rings is 1. The lowest BCUT2D eigenvalue weighted by Gasteiger charge is -2.41. The highest BCUT2D eigenvalue weighted by molar-refractivity contribution is 5.70. The summed E-state index contributed by atoms with van der Waals surface area (Å²) in [5.41, 5.74) is 0.525. The zero-order valence-electron chi connectivity index (χ0n) is 15.5. The zero-order valence-corrected chi connectivity index (χ0v) is 15.5. The number of amides is 1. The fourth-order valence-corrected chi connectivity index (χ4v) is 3.85. The molecule has 0 spiro atoms. The minimum atomic E-state index is -1.03. The molecule has 0 radical (unpaired) electrons. The van der Waals surface area contributed by atoms with E-state index in [1.54, 1.807) is 0 Å².